The molecule has 7 heteroatoms. The molecule has 1 aliphatic heterocycles. The van der Waals surface area contributed by atoms with Gasteiger partial charge in [-0.3, -0.25) is 15.0 Å². The molecule has 138 valence electrons. The van der Waals surface area contributed by atoms with E-state index in [4.69, 9.17) is 12.2 Å². The highest BCUT2D eigenvalue weighted by atomic mass is 32.2. The number of thiocarbonyl (C=S) groups is 1. The van der Waals surface area contributed by atoms with Gasteiger partial charge in [-0.2, -0.15) is 5.01 Å². The average molecular weight is 398 g/mol. The summed E-state index contributed by atoms with van der Waals surface area (Å²) >= 11 is 6.45. The molecule has 3 rings (SSSR count). The van der Waals surface area contributed by atoms with Crippen molar-refractivity contribution >= 4 is 51.9 Å². The van der Waals surface area contributed by atoms with Gasteiger partial charge in [0.2, 0.25) is 0 Å². The quantitative estimate of drug-likeness (QED) is 0.631. The Hall–Kier alpha value is -2.64. The molecule has 0 atom stereocenters. The van der Waals surface area contributed by atoms with Gasteiger partial charge in [-0.15, -0.1) is 0 Å². The highest BCUT2D eigenvalue weighted by molar-refractivity contribution is 8.26. The van der Waals surface area contributed by atoms with Crippen molar-refractivity contribution in [3.63, 3.8) is 0 Å². The molecule has 5 nitrogen and oxygen atoms in total. The Kier molecular flexibility index (Phi) is 5.62. The third-order valence-electron chi connectivity index (χ3n) is 4.10. The van der Waals surface area contributed by atoms with Crippen molar-refractivity contribution in [3.05, 3.63) is 70.1 Å². The van der Waals surface area contributed by atoms with Gasteiger partial charge in [0.25, 0.3) is 11.8 Å². The number of hydrogen-bond acceptors (Lipinski definition) is 5. The summed E-state index contributed by atoms with van der Waals surface area (Å²) in [6.07, 6.45) is 1.78. The van der Waals surface area contributed by atoms with Crippen LogP contribution in [0.4, 0.5) is 5.69 Å². The number of hydrazine groups is 1. The minimum Gasteiger partial charge on any atom is -0.378 e. The molecular formula is C20H19N3O2S2. The van der Waals surface area contributed by atoms with Crippen LogP contribution in [0.5, 0.6) is 0 Å². The Balaban J connectivity index is 1.76. The molecule has 1 N–H and O–H groups in total. The van der Waals surface area contributed by atoms with Crippen molar-refractivity contribution in [3.8, 4) is 0 Å². The number of carbonyl (C=O) groups excluding carboxylic acids is 2. The molecule has 27 heavy (non-hydrogen) atoms. The van der Waals surface area contributed by atoms with Gasteiger partial charge in [-0.25, -0.2) is 0 Å². The second-order valence-corrected chi connectivity index (χ2v) is 7.93. The van der Waals surface area contributed by atoms with E-state index in [9.17, 15) is 9.59 Å². The van der Waals surface area contributed by atoms with Gasteiger partial charge >= 0.3 is 0 Å². The molecule has 1 heterocycles. The zero-order chi connectivity index (χ0) is 19.6. The largest absolute Gasteiger partial charge is 0.378 e. The lowest BCUT2D eigenvalue weighted by Gasteiger charge is -2.16. The van der Waals surface area contributed by atoms with Gasteiger partial charge in [-0.1, -0.05) is 42.1 Å². The molecule has 1 aliphatic rings. The van der Waals surface area contributed by atoms with Crippen LogP contribution in [0.3, 0.4) is 0 Å². The fourth-order valence-corrected chi connectivity index (χ4v) is 3.75. The molecule has 0 radical (unpaired) electrons. The number of nitrogens with one attached hydrogen (secondary N) is 1. The first kappa shape index (κ1) is 19.1. The van der Waals surface area contributed by atoms with E-state index in [0.29, 0.717) is 14.8 Å². The average Bonchev–Trinajstić information content (AvgIpc) is 2.90. The molecule has 0 saturated carbocycles. The van der Waals surface area contributed by atoms with Crippen LogP contribution >= 0.6 is 24.0 Å². The van der Waals surface area contributed by atoms with Crippen molar-refractivity contribution in [1.29, 1.82) is 0 Å². The Morgan fingerprint density at radius 1 is 1.15 bits per heavy atom. The lowest BCUT2D eigenvalue weighted by atomic mass is 10.1. The summed E-state index contributed by atoms with van der Waals surface area (Å²) in [6.45, 7) is 1.84. The SMILES string of the molecule is Cc1ccccc1C(=O)NN1C(=O)/C(=C\c2ccc(N(C)C)cc2)SC1=S. The lowest BCUT2D eigenvalue weighted by Crippen LogP contribution is -2.45. The molecule has 2 amide bonds. The van der Waals surface area contributed by atoms with Crippen molar-refractivity contribution in [2.75, 3.05) is 19.0 Å². The van der Waals surface area contributed by atoms with Gasteiger partial charge in [0.1, 0.15) is 0 Å². The fourth-order valence-electron chi connectivity index (χ4n) is 2.57. The summed E-state index contributed by atoms with van der Waals surface area (Å²) in [7, 11) is 3.94. The monoisotopic (exact) mass is 397 g/mol. The van der Waals surface area contributed by atoms with E-state index >= 15 is 0 Å². The topological polar surface area (TPSA) is 52.7 Å². The summed E-state index contributed by atoms with van der Waals surface area (Å²) in [5.41, 5.74) is 5.92. The fraction of sp³-hybridized carbons (Fsp3) is 0.150. The van der Waals surface area contributed by atoms with Crippen molar-refractivity contribution in [1.82, 2.24) is 10.4 Å². The Morgan fingerprint density at radius 3 is 2.44 bits per heavy atom. The zero-order valence-corrected chi connectivity index (χ0v) is 16.9. The van der Waals surface area contributed by atoms with Crippen LogP contribution in [0.15, 0.2) is 53.4 Å². The first-order valence-electron chi connectivity index (χ1n) is 8.29. The van der Waals surface area contributed by atoms with Crippen LogP contribution < -0.4 is 10.3 Å². The molecule has 2 aromatic rings. The normalized spacial score (nSPS) is 15.4. The molecule has 0 unspecified atom stereocenters. The first-order valence-corrected chi connectivity index (χ1v) is 9.51. The Labute approximate surface area is 168 Å². The van der Waals surface area contributed by atoms with Crippen LogP contribution in [0.2, 0.25) is 0 Å². The number of aryl methyl sites for hydroxylation is 1. The van der Waals surface area contributed by atoms with E-state index in [1.807, 2.05) is 62.3 Å². The smallest absolute Gasteiger partial charge is 0.285 e. The van der Waals surface area contributed by atoms with E-state index in [1.165, 1.54) is 11.8 Å². The highest BCUT2D eigenvalue weighted by Crippen LogP contribution is 2.31. The standard InChI is InChI=1S/C20H19N3O2S2/c1-13-6-4-5-7-16(13)18(24)21-23-19(25)17(27-20(23)26)12-14-8-10-15(11-9-14)22(2)3/h4-12H,1-3H3,(H,21,24)/b17-12+. The van der Waals surface area contributed by atoms with E-state index in [-0.39, 0.29) is 11.8 Å². The van der Waals surface area contributed by atoms with Gasteiger partial charge in [0.15, 0.2) is 4.32 Å². The maximum Gasteiger partial charge on any atom is 0.285 e. The molecule has 2 aromatic carbocycles. The molecular weight excluding hydrogens is 378 g/mol. The molecule has 0 bridgehead atoms. The third-order valence-corrected chi connectivity index (χ3v) is 5.41. The zero-order valence-electron chi connectivity index (χ0n) is 15.2. The van der Waals surface area contributed by atoms with Gasteiger partial charge in [-0.05, 0) is 54.5 Å². The number of rotatable bonds is 4. The van der Waals surface area contributed by atoms with Crippen molar-refractivity contribution in [2.24, 2.45) is 0 Å². The lowest BCUT2D eigenvalue weighted by molar-refractivity contribution is -0.123. The van der Waals surface area contributed by atoms with Crippen LogP contribution in [0.1, 0.15) is 21.5 Å². The maximum atomic E-state index is 12.7. The second-order valence-electron chi connectivity index (χ2n) is 6.26. The summed E-state index contributed by atoms with van der Waals surface area (Å²) in [5, 5.41) is 1.13. The van der Waals surface area contributed by atoms with Gasteiger partial charge < -0.3 is 4.90 Å². The summed E-state index contributed by atoms with van der Waals surface area (Å²) in [5.74, 6) is -0.690. The van der Waals surface area contributed by atoms with Crippen LogP contribution in [0.25, 0.3) is 6.08 Å². The van der Waals surface area contributed by atoms with E-state index < -0.39 is 0 Å². The van der Waals surface area contributed by atoms with E-state index in [1.54, 1.807) is 18.2 Å². The molecule has 1 fully saturated rings. The number of hydrogen-bond donors (Lipinski definition) is 1. The van der Waals surface area contributed by atoms with Gasteiger partial charge in [0.05, 0.1) is 4.91 Å². The summed E-state index contributed by atoms with van der Waals surface area (Å²) in [6, 6.07) is 15.0. The molecule has 0 spiro atoms. The van der Waals surface area contributed by atoms with Crippen LogP contribution in [-0.2, 0) is 4.79 Å². The summed E-state index contributed by atoms with van der Waals surface area (Å²) in [4.78, 5) is 27.6. The van der Waals surface area contributed by atoms with Crippen LogP contribution in [0, 0.1) is 6.92 Å². The van der Waals surface area contributed by atoms with Crippen LogP contribution in [-0.4, -0.2) is 35.2 Å². The number of anilines is 1. The predicted octanol–water partition coefficient (Wildman–Crippen LogP) is 3.61. The maximum absolute atomic E-state index is 12.7. The van der Waals surface area contributed by atoms with E-state index in [2.05, 4.69) is 5.43 Å². The van der Waals surface area contributed by atoms with E-state index in [0.717, 1.165) is 21.8 Å². The number of thioether (sulfide) groups is 1. The Morgan fingerprint density at radius 2 is 1.81 bits per heavy atom. The molecule has 1 saturated heterocycles. The number of nitrogens with zero attached hydrogens (tertiary/aromatic N) is 2. The second kappa shape index (κ2) is 7.94. The number of benzene rings is 2. The predicted molar refractivity (Wildman–Crippen MR) is 114 cm³/mol. The number of amides is 2. The highest BCUT2D eigenvalue weighted by Gasteiger charge is 2.33. The number of carbonyl (C=O) groups is 2. The van der Waals surface area contributed by atoms with Crippen molar-refractivity contribution < 1.29 is 9.59 Å². The summed E-state index contributed by atoms with van der Waals surface area (Å²) < 4.78 is 0.304. The minimum absolute atomic E-state index is 0.304. The molecule has 0 aromatic heterocycles. The van der Waals surface area contributed by atoms with Gasteiger partial charge in [0, 0.05) is 25.3 Å². The minimum atomic E-state index is -0.360. The van der Waals surface area contributed by atoms with Crippen molar-refractivity contribution in [2.45, 2.75) is 6.92 Å². The third kappa shape index (κ3) is 4.20. The molecule has 0 aliphatic carbocycles. The Bertz CT molecular complexity index is 936. The first-order chi connectivity index (χ1) is 12.9.